The Morgan fingerprint density at radius 2 is 2.00 bits per heavy atom. The van der Waals surface area contributed by atoms with E-state index in [0.29, 0.717) is 11.6 Å². The van der Waals surface area contributed by atoms with Gasteiger partial charge < -0.3 is 11.5 Å². The normalized spacial score (nSPS) is 12.7. The highest BCUT2D eigenvalue weighted by Gasteiger charge is 2.09. The maximum Gasteiger partial charge on any atom is 0.0583 e. The molecule has 1 rings (SSSR count). The topological polar surface area (TPSA) is 52.0 Å². The molecule has 2 heteroatoms. The van der Waals surface area contributed by atoms with Crippen molar-refractivity contribution < 1.29 is 0 Å². The summed E-state index contributed by atoms with van der Waals surface area (Å²) in [5.74, 6) is 0.512. The first-order valence-electron chi connectivity index (χ1n) is 5.30. The van der Waals surface area contributed by atoms with E-state index in [-0.39, 0.29) is 0 Å². The minimum Gasteiger partial charge on any atom is -0.397 e. The lowest BCUT2D eigenvalue weighted by Gasteiger charge is -2.15. The van der Waals surface area contributed by atoms with Crippen LogP contribution in [0.2, 0.25) is 0 Å². The third-order valence-corrected chi connectivity index (χ3v) is 2.70. The Bertz CT molecular complexity index is 294. The van der Waals surface area contributed by atoms with Crippen LogP contribution in [0.1, 0.15) is 44.6 Å². The molecular formula is C12H20N2. The van der Waals surface area contributed by atoms with E-state index in [2.05, 4.69) is 19.9 Å². The lowest BCUT2D eigenvalue weighted by molar-refractivity contribution is 0.626. The first-order valence-corrected chi connectivity index (χ1v) is 5.30. The molecule has 0 aliphatic rings. The van der Waals surface area contributed by atoms with E-state index in [4.69, 9.17) is 11.5 Å². The minimum absolute atomic E-state index is 0.512. The summed E-state index contributed by atoms with van der Waals surface area (Å²) in [5, 5.41) is 0. The molecule has 0 aromatic heterocycles. The number of rotatable bonds is 4. The van der Waals surface area contributed by atoms with Gasteiger partial charge in [-0.15, -0.1) is 0 Å². The molecule has 2 nitrogen and oxygen atoms in total. The van der Waals surface area contributed by atoms with Crippen LogP contribution in [0.5, 0.6) is 0 Å². The molecule has 0 aliphatic carbocycles. The molecule has 0 bridgehead atoms. The Morgan fingerprint density at radius 1 is 1.29 bits per heavy atom. The quantitative estimate of drug-likeness (QED) is 0.720. The van der Waals surface area contributed by atoms with E-state index in [1.165, 1.54) is 24.8 Å². The van der Waals surface area contributed by atoms with Crippen molar-refractivity contribution >= 4 is 11.4 Å². The smallest absolute Gasteiger partial charge is 0.0583 e. The molecule has 1 atom stereocenters. The summed E-state index contributed by atoms with van der Waals surface area (Å²) in [6.07, 6.45) is 3.66. The monoisotopic (exact) mass is 192 g/mol. The van der Waals surface area contributed by atoms with Gasteiger partial charge in [-0.25, -0.2) is 0 Å². The number of benzene rings is 1. The SMILES string of the molecule is CCCCC(C)c1cccc(N)c1N. The predicted molar refractivity (Wildman–Crippen MR) is 63.2 cm³/mol. The molecule has 0 spiro atoms. The van der Waals surface area contributed by atoms with E-state index in [0.717, 1.165) is 5.69 Å². The van der Waals surface area contributed by atoms with Crippen LogP contribution >= 0.6 is 0 Å². The van der Waals surface area contributed by atoms with E-state index in [9.17, 15) is 0 Å². The van der Waals surface area contributed by atoms with Gasteiger partial charge in [-0.3, -0.25) is 0 Å². The maximum absolute atomic E-state index is 5.93. The van der Waals surface area contributed by atoms with Crippen molar-refractivity contribution in [3.8, 4) is 0 Å². The largest absolute Gasteiger partial charge is 0.397 e. The van der Waals surface area contributed by atoms with E-state index >= 15 is 0 Å². The molecule has 1 aromatic rings. The fourth-order valence-electron chi connectivity index (χ4n) is 1.70. The molecule has 4 N–H and O–H groups in total. The number of unbranched alkanes of at least 4 members (excludes halogenated alkanes) is 1. The molecule has 0 radical (unpaired) electrons. The fraction of sp³-hybridized carbons (Fsp3) is 0.500. The van der Waals surface area contributed by atoms with Gasteiger partial charge in [-0.1, -0.05) is 38.8 Å². The molecule has 0 heterocycles. The maximum atomic E-state index is 5.93. The Balaban J connectivity index is 2.79. The van der Waals surface area contributed by atoms with Crippen LogP contribution in [0, 0.1) is 0 Å². The summed E-state index contributed by atoms with van der Waals surface area (Å²) in [4.78, 5) is 0. The summed E-state index contributed by atoms with van der Waals surface area (Å²) < 4.78 is 0. The number of hydrogen-bond acceptors (Lipinski definition) is 2. The second-order valence-corrected chi connectivity index (χ2v) is 3.89. The summed E-state index contributed by atoms with van der Waals surface area (Å²) in [7, 11) is 0. The van der Waals surface area contributed by atoms with Crippen LogP contribution < -0.4 is 11.5 Å². The number of para-hydroxylation sites is 1. The predicted octanol–water partition coefficient (Wildman–Crippen LogP) is 3.14. The zero-order valence-corrected chi connectivity index (χ0v) is 9.09. The number of nitrogens with two attached hydrogens (primary N) is 2. The van der Waals surface area contributed by atoms with Crippen molar-refractivity contribution in [3.05, 3.63) is 23.8 Å². The molecule has 0 saturated carbocycles. The molecule has 1 unspecified atom stereocenters. The third-order valence-electron chi connectivity index (χ3n) is 2.70. The number of nitrogen functional groups attached to an aromatic ring is 2. The Kier molecular flexibility index (Phi) is 3.81. The average molecular weight is 192 g/mol. The second kappa shape index (κ2) is 4.89. The second-order valence-electron chi connectivity index (χ2n) is 3.89. The summed E-state index contributed by atoms with van der Waals surface area (Å²) in [6.45, 7) is 4.41. The zero-order valence-electron chi connectivity index (χ0n) is 9.09. The van der Waals surface area contributed by atoms with Gasteiger partial charge in [0.2, 0.25) is 0 Å². The van der Waals surface area contributed by atoms with Crippen molar-refractivity contribution in [2.45, 2.75) is 39.0 Å². The fourth-order valence-corrected chi connectivity index (χ4v) is 1.70. The third kappa shape index (κ3) is 2.41. The molecule has 0 amide bonds. The highest BCUT2D eigenvalue weighted by molar-refractivity contribution is 5.67. The van der Waals surface area contributed by atoms with Gasteiger partial charge >= 0.3 is 0 Å². The van der Waals surface area contributed by atoms with E-state index < -0.39 is 0 Å². The van der Waals surface area contributed by atoms with Crippen LogP contribution in [0.4, 0.5) is 11.4 Å². The van der Waals surface area contributed by atoms with Crippen LogP contribution in [-0.4, -0.2) is 0 Å². The Labute approximate surface area is 86.3 Å². The summed E-state index contributed by atoms with van der Waals surface area (Å²) in [6, 6.07) is 5.90. The zero-order chi connectivity index (χ0) is 10.6. The number of hydrogen-bond donors (Lipinski definition) is 2. The molecule has 0 fully saturated rings. The Morgan fingerprint density at radius 3 is 2.64 bits per heavy atom. The van der Waals surface area contributed by atoms with Gasteiger partial charge in [0.1, 0.15) is 0 Å². The van der Waals surface area contributed by atoms with Crippen LogP contribution in [0.3, 0.4) is 0 Å². The lowest BCUT2D eigenvalue weighted by Crippen LogP contribution is -2.02. The van der Waals surface area contributed by atoms with E-state index in [1.54, 1.807) is 0 Å². The van der Waals surface area contributed by atoms with Crippen molar-refractivity contribution in [1.82, 2.24) is 0 Å². The van der Waals surface area contributed by atoms with Gasteiger partial charge in [0.05, 0.1) is 11.4 Å². The first-order chi connectivity index (χ1) is 6.66. The number of anilines is 2. The van der Waals surface area contributed by atoms with Crippen LogP contribution in [0.25, 0.3) is 0 Å². The molecular weight excluding hydrogens is 172 g/mol. The average Bonchev–Trinajstić information content (AvgIpc) is 2.18. The molecule has 14 heavy (non-hydrogen) atoms. The van der Waals surface area contributed by atoms with Crippen molar-refractivity contribution in [2.75, 3.05) is 11.5 Å². The molecule has 78 valence electrons. The van der Waals surface area contributed by atoms with Gasteiger partial charge in [0.25, 0.3) is 0 Å². The van der Waals surface area contributed by atoms with E-state index in [1.807, 2.05) is 12.1 Å². The van der Waals surface area contributed by atoms with Gasteiger partial charge in [-0.2, -0.15) is 0 Å². The van der Waals surface area contributed by atoms with Gasteiger partial charge in [-0.05, 0) is 24.0 Å². The Hall–Kier alpha value is -1.18. The highest BCUT2D eigenvalue weighted by atomic mass is 14.7. The van der Waals surface area contributed by atoms with Gasteiger partial charge in [0.15, 0.2) is 0 Å². The van der Waals surface area contributed by atoms with Crippen LogP contribution in [-0.2, 0) is 0 Å². The molecule has 0 saturated heterocycles. The summed E-state index contributed by atoms with van der Waals surface area (Å²) in [5.41, 5.74) is 14.3. The van der Waals surface area contributed by atoms with Crippen molar-refractivity contribution in [2.24, 2.45) is 0 Å². The van der Waals surface area contributed by atoms with Crippen LogP contribution in [0.15, 0.2) is 18.2 Å². The molecule has 0 aliphatic heterocycles. The first kappa shape index (κ1) is 10.9. The standard InChI is InChI=1S/C12H20N2/c1-3-4-6-9(2)10-7-5-8-11(13)12(10)14/h5,7-9H,3-4,6,13-14H2,1-2H3. The minimum atomic E-state index is 0.512. The lowest BCUT2D eigenvalue weighted by atomic mass is 9.94. The van der Waals surface area contributed by atoms with Gasteiger partial charge in [0, 0.05) is 0 Å². The summed E-state index contributed by atoms with van der Waals surface area (Å²) >= 11 is 0. The van der Waals surface area contributed by atoms with Crippen molar-refractivity contribution in [1.29, 1.82) is 0 Å². The highest BCUT2D eigenvalue weighted by Crippen LogP contribution is 2.29. The van der Waals surface area contributed by atoms with Crippen molar-refractivity contribution in [3.63, 3.8) is 0 Å². The molecule has 1 aromatic carbocycles.